The summed E-state index contributed by atoms with van der Waals surface area (Å²) in [5.74, 6) is 0.321. The highest BCUT2D eigenvalue weighted by Gasteiger charge is 2.60. The monoisotopic (exact) mass is 590 g/mol. The normalized spacial score (nSPS) is 22.8. The lowest BCUT2D eigenvalue weighted by Crippen LogP contribution is -2.53. The second kappa shape index (κ2) is 12.9. The van der Waals surface area contributed by atoms with Crippen molar-refractivity contribution in [3.63, 3.8) is 0 Å². The molecule has 4 atom stereocenters. The number of rotatable bonds is 10. The van der Waals surface area contributed by atoms with E-state index in [1.165, 1.54) is 10.8 Å². The first kappa shape index (κ1) is 28.1. The van der Waals surface area contributed by atoms with E-state index in [0.717, 1.165) is 27.3 Å². The summed E-state index contributed by atoms with van der Waals surface area (Å²) in [4.78, 5) is 1.12. The van der Waals surface area contributed by atoms with Gasteiger partial charge in [0.2, 0.25) is 5.79 Å². The smallest absolute Gasteiger partial charge is 0.249 e. The molecule has 5 aromatic carbocycles. The maximum Gasteiger partial charge on any atom is 0.249 e. The molecule has 7 rings (SSSR count). The minimum absolute atomic E-state index is 0.347. The number of thioether (sulfide) groups is 1. The van der Waals surface area contributed by atoms with Crippen LogP contribution in [0, 0.1) is 0 Å². The maximum atomic E-state index is 6.88. The first-order valence-corrected chi connectivity index (χ1v) is 15.7. The third-order valence-corrected chi connectivity index (χ3v) is 9.20. The fraction of sp³-hybridized carbons (Fsp3) is 0.243. The van der Waals surface area contributed by atoms with Crippen molar-refractivity contribution in [1.29, 1.82) is 0 Å². The SMILES string of the molecule is c1ccc(COC[C@H]2O[C@@]3(CSc4c(ccc5ccccc45)O3)[C@@H](OCc3ccccc3)[C@@H]2OCc2ccccc2)cc1. The Kier molecular flexibility index (Phi) is 8.45. The van der Waals surface area contributed by atoms with E-state index >= 15 is 0 Å². The van der Waals surface area contributed by atoms with E-state index in [0.29, 0.717) is 32.2 Å². The van der Waals surface area contributed by atoms with E-state index in [2.05, 4.69) is 66.7 Å². The van der Waals surface area contributed by atoms with Crippen molar-refractivity contribution in [2.24, 2.45) is 0 Å². The van der Waals surface area contributed by atoms with Gasteiger partial charge in [0.15, 0.2) is 6.10 Å². The van der Waals surface area contributed by atoms with Crippen LogP contribution in [0.25, 0.3) is 10.8 Å². The molecule has 0 saturated carbocycles. The number of benzene rings is 5. The van der Waals surface area contributed by atoms with Crippen LogP contribution in [0.2, 0.25) is 0 Å². The van der Waals surface area contributed by atoms with Crippen molar-refractivity contribution in [2.75, 3.05) is 12.4 Å². The van der Waals surface area contributed by atoms with E-state index in [9.17, 15) is 0 Å². The second-order valence-electron chi connectivity index (χ2n) is 11.0. The Morgan fingerprint density at radius 1 is 0.651 bits per heavy atom. The molecule has 1 spiro atoms. The molecule has 0 aliphatic carbocycles. The van der Waals surface area contributed by atoms with Crippen molar-refractivity contribution in [1.82, 2.24) is 0 Å². The standard InChI is InChI=1S/C37H34O5S/c1-4-12-27(13-5-1)22-38-25-33-34(39-23-28-14-6-2-7-15-28)36(40-24-29-16-8-3-9-17-29)37(42-33)26-43-35-31-19-11-10-18-30(31)20-21-32(35)41-37/h1-21,33-34,36H,22-26H2/t33-,34-,36+,37+/m1/s1. The number of hydrogen-bond acceptors (Lipinski definition) is 6. The molecule has 2 aliphatic heterocycles. The molecule has 5 aromatic rings. The Morgan fingerprint density at radius 2 is 1.26 bits per heavy atom. The average Bonchev–Trinajstić information content (AvgIpc) is 3.34. The van der Waals surface area contributed by atoms with Crippen molar-refractivity contribution in [3.05, 3.63) is 144 Å². The lowest BCUT2D eigenvalue weighted by atomic mass is 10.0. The molecule has 0 radical (unpaired) electrons. The van der Waals surface area contributed by atoms with Crippen molar-refractivity contribution in [3.8, 4) is 5.75 Å². The fourth-order valence-corrected chi connectivity index (χ4v) is 7.04. The Hall–Kier alpha value is -3.65. The van der Waals surface area contributed by atoms with Gasteiger partial charge in [-0.2, -0.15) is 0 Å². The van der Waals surface area contributed by atoms with Crippen LogP contribution in [0.15, 0.2) is 132 Å². The average molecular weight is 591 g/mol. The summed E-state index contributed by atoms with van der Waals surface area (Å²) >= 11 is 1.75. The molecule has 5 nitrogen and oxygen atoms in total. The molecular formula is C37H34O5S. The van der Waals surface area contributed by atoms with Crippen LogP contribution in [0.5, 0.6) is 5.75 Å². The molecule has 0 N–H and O–H groups in total. The van der Waals surface area contributed by atoms with Gasteiger partial charge < -0.3 is 23.7 Å². The van der Waals surface area contributed by atoms with Crippen molar-refractivity contribution >= 4 is 22.5 Å². The summed E-state index contributed by atoms with van der Waals surface area (Å²) in [6.45, 7) is 1.68. The first-order valence-electron chi connectivity index (χ1n) is 14.7. The summed E-state index contributed by atoms with van der Waals surface area (Å²) in [5.41, 5.74) is 3.28. The van der Waals surface area contributed by atoms with Crippen LogP contribution in [0.3, 0.4) is 0 Å². The predicted octanol–water partition coefficient (Wildman–Crippen LogP) is 7.81. The first-order chi connectivity index (χ1) is 21.3. The lowest BCUT2D eigenvalue weighted by molar-refractivity contribution is -0.214. The van der Waals surface area contributed by atoms with Gasteiger partial charge in [-0.3, -0.25) is 0 Å². The maximum absolute atomic E-state index is 6.88. The molecular weight excluding hydrogens is 556 g/mol. The molecule has 218 valence electrons. The molecule has 1 saturated heterocycles. The molecule has 6 heteroatoms. The summed E-state index contributed by atoms with van der Waals surface area (Å²) in [7, 11) is 0. The Bertz CT molecular complexity index is 1630. The molecule has 0 unspecified atom stereocenters. The Balaban J connectivity index is 1.20. The molecule has 43 heavy (non-hydrogen) atoms. The van der Waals surface area contributed by atoms with E-state index < -0.39 is 24.1 Å². The van der Waals surface area contributed by atoms with Crippen LogP contribution < -0.4 is 4.74 Å². The third kappa shape index (κ3) is 6.21. The van der Waals surface area contributed by atoms with Gasteiger partial charge in [0, 0.05) is 0 Å². The molecule has 2 heterocycles. The van der Waals surface area contributed by atoms with Gasteiger partial charge in [0.25, 0.3) is 0 Å². The van der Waals surface area contributed by atoms with Gasteiger partial charge in [0.1, 0.15) is 18.0 Å². The van der Waals surface area contributed by atoms with Crippen molar-refractivity contribution < 1.29 is 23.7 Å². The molecule has 2 aliphatic rings. The lowest BCUT2D eigenvalue weighted by Gasteiger charge is -2.39. The minimum atomic E-state index is -1.04. The van der Waals surface area contributed by atoms with E-state index in [1.807, 2.05) is 60.7 Å². The van der Waals surface area contributed by atoms with Gasteiger partial charge in [-0.15, -0.1) is 11.8 Å². The zero-order valence-electron chi connectivity index (χ0n) is 23.8. The number of hydrogen-bond donors (Lipinski definition) is 0. The summed E-state index contributed by atoms with van der Waals surface area (Å²) < 4.78 is 33.4. The number of ether oxygens (including phenoxy) is 5. The third-order valence-electron chi connectivity index (χ3n) is 7.94. The predicted molar refractivity (Wildman–Crippen MR) is 169 cm³/mol. The van der Waals surface area contributed by atoms with Gasteiger partial charge in [-0.25, -0.2) is 0 Å². The number of fused-ring (bicyclic) bond motifs is 3. The largest absolute Gasteiger partial charge is 0.457 e. The van der Waals surface area contributed by atoms with Gasteiger partial charge >= 0.3 is 0 Å². The van der Waals surface area contributed by atoms with Gasteiger partial charge in [-0.05, 0) is 33.5 Å². The molecule has 0 aromatic heterocycles. The van der Waals surface area contributed by atoms with Gasteiger partial charge in [0.05, 0.1) is 37.1 Å². The second-order valence-corrected chi connectivity index (χ2v) is 11.9. The van der Waals surface area contributed by atoms with Crippen LogP contribution >= 0.6 is 11.8 Å². The van der Waals surface area contributed by atoms with Crippen LogP contribution in [-0.4, -0.2) is 36.5 Å². The summed E-state index contributed by atoms with van der Waals surface area (Å²) in [6.07, 6.45) is -1.30. The van der Waals surface area contributed by atoms with Crippen LogP contribution in [0.1, 0.15) is 16.7 Å². The zero-order chi connectivity index (χ0) is 28.9. The molecule has 0 amide bonds. The molecule has 1 fully saturated rings. The van der Waals surface area contributed by atoms with E-state index in [1.54, 1.807) is 11.8 Å². The molecule has 0 bridgehead atoms. The topological polar surface area (TPSA) is 46.2 Å². The minimum Gasteiger partial charge on any atom is -0.457 e. The highest BCUT2D eigenvalue weighted by Crippen LogP contribution is 2.49. The quantitative estimate of drug-likeness (QED) is 0.165. The summed E-state index contributed by atoms with van der Waals surface area (Å²) in [6, 6.07) is 43.1. The Morgan fingerprint density at radius 3 is 1.95 bits per heavy atom. The van der Waals surface area contributed by atoms with E-state index in [-0.39, 0.29) is 0 Å². The van der Waals surface area contributed by atoms with Crippen LogP contribution in [-0.2, 0) is 38.8 Å². The van der Waals surface area contributed by atoms with Gasteiger partial charge in [-0.1, -0.05) is 121 Å². The highest BCUT2D eigenvalue weighted by molar-refractivity contribution is 7.99. The highest BCUT2D eigenvalue weighted by atomic mass is 32.2. The summed E-state index contributed by atoms with van der Waals surface area (Å²) in [5, 5.41) is 2.37. The van der Waals surface area contributed by atoms with Crippen LogP contribution in [0.4, 0.5) is 0 Å². The fourth-order valence-electron chi connectivity index (χ4n) is 5.81. The Labute approximate surface area is 256 Å². The zero-order valence-corrected chi connectivity index (χ0v) is 24.7. The van der Waals surface area contributed by atoms with Crippen molar-refractivity contribution in [2.45, 2.75) is 48.8 Å². The van der Waals surface area contributed by atoms with E-state index in [4.69, 9.17) is 23.7 Å².